The molecule has 2 N–H and O–H groups in total. The van der Waals surface area contributed by atoms with Crippen LogP contribution in [0.3, 0.4) is 0 Å². The van der Waals surface area contributed by atoms with Crippen molar-refractivity contribution in [1.29, 1.82) is 0 Å². The van der Waals surface area contributed by atoms with Gasteiger partial charge in [-0.05, 0) is 5.92 Å². The van der Waals surface area contributed by atoms with Crippen molar-refractivity contribution in [2.45, 2.75) is 20.4 Å². The molecule has 0 amide bonds. The second kappa shape index (κ2) is 4.01. The predicted molar refractivity (Wildman–Crippen MR) is 69.5 cm³/mol. The van der Waals surface area contributed by atoms with Crippen molar-refractivity contribution in [2.24, 2.45) is 20.0 Å². The topological polar surface area (TPSA) is 87.8 Å². The number of hydrogen-bond donors (Lipinski definition) is 1. The number of imidazole rings is 1. The third-order valence-electron chi connectivity index (χ3n) is 2.92. The summed E-state index contributed by atoms with van der Waals surface area (Å²) in [6.45, 7) is 4.68. The molecule has 7 heteroatoms. The van der Waals surface area contributed by atoms with Crippen LogP contribution in [0.4, 0.5) is 5.95 Å². The lowest BCUT2D eigenvalue weighted by atomic mass is 10.2. The zero-order valence-electron chi connectivity index (χ0n) is 11.0. The molecule has 2 aromatic rings. The van der Waals surface area contributed by atoms with Crippen molar-refractivity contribution in [2.75, 3.05) is 5.73 Å². The maximum Gasteiger partial charge on any atom is 0.332 e. The van der Waals surface area contributed by atoms with Gasteiger partial charge in [0.15, 0.2) is 11.2 Å². The highest BCUT2D eigenvalue weighted by Gasteiger charge is 2.17. The summed E-state index contributed by atoms with van der Waals surface area (Å²) in [5, 5.41) is 0. The van der Waals surface area contributed by atoms with E-state index in [9.17, 15) is 9.59 Å². The molecule has 18 heavy (non-hydrogen) atoms. The lowest BCUT2D eigenvalue weighted by Crippen LogP contribution is -2.37. The van der Waals surface area contributed by atoms with Gasteiger partial charge in [-0.1, -0.05) is 13.8 Å². The standard InChI is InChI=1S/C11H17N5O2/c1-6(2)5-16-8-7(13-10(16)12)9(17)15(4)11(18)14(8)3/h6H,5H2,1-4H3,(H2,12,13). The predicted octanol–water partition coefficient (Wildman–Crippen LogP) is -0.328. The first-order chi connectivity index (χ1) is 8.34. The Balaban J connectivity index is 2.95. The van der Waals surface area contributed by atoms with Crippen LogP contribution in [0.25, 0.3) is 11.2 Å². The first kappa shape index (κ1) is 12.4. The Morgan fingerprint density at radius 3 is 2.39 bits per heavy atom. The van der Waals surface area contributed by atoms with E-state index < -0.39 is 5.56 Å². The van der Waals surface area contributed by atoms with E-state index in [0.29, 0.717) is 18.1 Å². The zero-order chi connectivity index (χ0) is 13.6. The molecule has 0 unspecified atom stereocenters. The first-order valence-corrected chi connectivity index (χ1v) is 5.76. The smallest absolute Gasteiger partial charge is 0.332 e. The van der Waals surface area contributed by atoms with Crippen molar-refractivity contribution < 1.29 is 0 Å². The Bertz CT molecular complexity index is 720. The molecule has 2 heterocycles. The van der Waals surface area contributed by atoms with Gasteiger partial charge in [-0.25, -0.2) is 9.78 Å². The number of fused-ring (bicyclic) bond motifs is 1. The highest BCUT2D eigenvalue weighted by atomic mass is 16.2. The zero-order valence-corrected chi connectivity index (χ0v) is 11.0. The van der Waals surface area contributed by atoms with Crippen LogP contribution < -0.4 is 17.0 Å². The maximum absolute atomic E-state index is 12.0. The minimum absolute atomic E-state index is 0.234. The third kappa shape index (κ3) is 1.62. The van der Waals surface area contributed by atoms with E-state index in [-0.39, 0.29) is 17.2 Å². The molecule has 98 valence electrons. The molecular formula is C11H17N5O2. The summed E-state index contributed by atoms with van der Waals surface area (Å²) in [6.07, 6.45) is 0. The van der Waals surface area contributed by atoms with Gasteiger partial charge in [0.2, 0.25) is 5.95 Å². The van der Waals surface area contributed by atoms with Gasteiger partial charge in [-0.2, -0.15) is 0 Å². The van der Waals surface area contributed by atoms with Gasteiger partial charge in [-0.15, -0.1) is 0 Å². The maximum atomic E-state index is 12.0. The second-order valence-corrected chi connectivity index (χ2v) is 4.85. The number of anilines is 1. The van der Waals surface area contributed by atoms with Crippen LogP contribution in [0, 0.1) is 5.92 Å². The molecule has 0 aliphatic heterocycles. The van der Waals surface area contributed by atoms with E-state index in [0.717, 1.165) is 4.57 Å². The van der Waals surface area contributed by atoms with Crippen LogP contribution in [-0.4, -0.2) is 18.7 Å². The highest BCUT2D eigenvalue weighted by Crippen LogP contribution is 2.14. The molecule has 0 bridgehead atoms. The van der Waals surface area contributed by atoms with Crippen molar-refractivity contribution in [3.63, 3.8) is 0 Å². The molecule has 2 aromatic heterocycles. The van der Waals surface area contributed by atoms with Gasteiger partial charge in [-0.3, -0.25) is 18.5 Å². The van der Waals surface area contributed by atoms with Gasteiger partial charge < -0.3 is 5.73 Å². The highest BCUT2D eigenvalue weighted by molar-refractivity contribution is 5.73. The molecular weight excluding hydrogens is 234 g/mol. The molecule has 0 radical (unpaired) electrons. The monoisotopic (exact) mass is 251 g/mol. The second-order valence-electron chi connectivity index (χ2n) is 4.85. The Hall–Kier alpha value is -2.05. The fourth-order valence-corrected chi connectivity index (χ4v) is 2.05. The van der Waals surface area contributed by atoms with Gasteiger partial charge >= 0.3 is 5.69 Å². The summed E-state index contributed by atoms with van der Waals surface area (Å²) >= 11 is 0. The minimum Gasteiger partial charge on any atom is -0.369 e. The number of aryl methyl sites for hydroxylation is 1. The lowest BCUT2D eigenvalue weighted by molar-refractivity contribution is 0.529. The molecule has 0 saturated heterocycles. The van der Waals surface area contributed by atoms with Crippen LogP contribution >= 0.6 is 0 Å². The summed E-state index contributed by atoms with van der Waals surface area (Å²) in [6, 6.07) is 0. The molecule has 0 fully saturated rings. The Labute approximate surface area is 103 Å². The average Bonchev–Trinajstić information content (AvgIpc) is 2.61. The van der Waals surface area contributed by atoms with E-state index in [1.165, 1.54) is 11.6 Å². The molecule has 0 atom stereocenters. The van der Waals surface area contributed by atoms with Crippen LogP contribution in [0.5, 0.6) is 0 Å². The summed E-state index contributed by atoms with van der Waals surface area (Å²) < 4.78 is 4.15. The number of hydrogen-bond acceptors (Lipinski definition) is 4. The Kier molecular flexibility index (Phi) is 2.76. The van der Waals surface area contributed by atoms with E-state index in [1.54, 1.807) is 11.6 Å². The van der Waals surface area contributed by atoms with Gasteiger partial charge in [0.05, 0.1) is 0 Å². The Morgan fingerprint density at radius 2 is 1.83 bits per heavy atom. The van der Waals surface area contributed by atoms with Crippen LogP contribution in [0.1, 0.15) is 13.8 Å². The van der Waals surface area contributed by atoms with E-state index in [1.807, 2.05) is 13.8 Å². The average molecular weight is 251 g/mol. The normalized spacial score (nSPS) is 11.6. The summed E-state index contributed by atoms with van der Waals surface area (Å²) in [4.78, 5) is 27.9. The van der Waals surface area contributed by atoms with Gasteiger partial charge in [0.25, 0.3) is 5.56 Å². The molecule has 2 rings (SSSR count). The summed E-state index contributed by atoms with van der Waals surface area (Å²) in [7, 11) is 3.05. The molecule has 0 spiro atoms. The van der Waals surface area contributed by atoms with Gasteiger partial charge in [0.1, 0.15) is 0 Å². The number of nitrogens with two attached hydrogens (primary N) is 1. The molecule has 0 aliphatic rings. The first-order valence-electron chi connectivity index (χ1n) is 5.76. The van der Waals surface area contributed by atoms with Gasteiger partial charge in [0, 0.05) is 20.6 Å². The molecule has 0 saturated carbocycles. The van der Waals surface area contributed by atoms with Crippen molar-refractivity contribution >= 4 is 17.1 Å². The lowest BCUT2D eigenvalue weighted by Gasteiger charge is -2.11. The minimum atomic E-state index is -0.415. The van der Waals surface area contributed by atoms with E-state index in [2.05, 4.69) is 4.98 Å². The summed E-state index contributed by atoms with van der Waals surface area (Å²) in [5.74, 6) is 0.598. The molecule has 0 aromatic carbocycles. The largest absolute Gasteiger partial charge is 0.369 e. The number of nitrogen functional groups attached to an aromatic ring is 1. The molecule has 7 nitrogen and oxygen atoms in total. The van der Waals surface area contributed by atoms with Crippen LogP contribution in [-0.2, 0) is 20.6 Å². The summed E-state index contributed by atoms with van der Waals surface area (Å²) in [5.41, 5.74) is 5.75. The van der Waals surface area contributed by atoms with Crippen LogP contribution in [0.15, 0.2) is 9.59 Å². The Morgan fingerprint density at radius 1 is 1.22 bits per heavy atom. The van der Waals surface area contributed by atoms with Crippen molar-refractivity contribution in [3.05, 3.63) is 20.8 Å². The fourth-order valence-electron chi connectivity index (χ4n) is 2.05. The number of nitrogens with zero attached hydrogens (tertiary/aromatic N) is 4. The van der Waals surface area contributed by atoms with E-state index in [4.69, 9.17) is 5.73 Å². The molecule has 0 aliphatic carbocycles. The van der Waals surface area contributed by atoms with Crippen LogP contribution in [0.2, 0.25) is 0 Å². The number of aromatic nitrogens is 4. The van der Waals surface area contributed by atoms with Crippen molar-refractivity contribution in [3.8, 4) is 0 Å². The fraction of sp³-hybridized carbons (Fsp3) is 0.545. The van der Waals surface area contributed by atoms with Crippen molar-refractivity contribution in [1.82, 2.24) is 18.7 Å². The third-order valence-corrected chi connectivity index (χ3v) is 2.92. The van der Waals surface area contributed by atoms with E-state index >= 15 is 0 Å². The number of rotatable bonds is 2. The SMILES string of the molecule is CC(C)Cn1c(N)nc2c(=O)n(C)c(=O)n(C)c21. The quantitative estimate of drug-likeness (QED) is 0.791.